The van der Waals surface area contributed by atoms with Crippen LogP contribution < -0.4 is 4.74 Å². The summed E-state index contributed by atoms with van der Waals surface area (Å²) in [6.45, 7) is 2.97. The van der Waals surface area contributed by atoms with E-state index in [2.05, 4.69) is 6.92 Å². The average Bonchev–Trinajstić information content (AvgIpc) is 2.54. The third kappa shape index (κ3) is 2.01. The number of para-hydroxylation sites is 1. The molecule has 2 nitrogen and oxygen atoms in total. The number of ether oxygens (including phenoxy) is 2. The quantitative estimate of drug-likeness (QED) is 0.692. The Balaban J connectivity index is 1.98. The molecule has 0 radical (unpaired) electrons. The van der Waals surface area contributed by atoms with Crippen molar-refractivity contribution in [3.63, 3.8) is 0 Å². The van der Waals surface area contributed by atoms with Crippen LogP contribution in [0.4, 0.5) is 0 Å². The van der Waals surface area contributed by atoms with Gasteiger partial charge in [-0.05, 0) is 18.6 Å². The number of rotatable bonds is 2. The molecule has 1 saturated heterocycles. The van der Waals surface area contributed by atoms with E-state index in [1.807, 2.05) is 30.3 Å². The first-order valence-corrected chi connectivity index (χ1v) is 4.69. The molecule has 0 aliphatic carbocycles. The molecule has 1 aliphatic rings. The molecule has 13 heavy (non-hydrogen) atoms. The van der Waals surface area contributed by atoms with Crippen molar-refractivity contribution in [2.45, 2.75) is 19.6 Å². The van der Waals surface area contributed by atoms with E-state index in [9.17, 15) is 0 Å². The summed E-state index contributed by atoms with van der Waals surface area (Å²) in [5, 5.41) is 0. The number of benzene rings is 1. The number of hydrogen-bond acceptors (Lipinski definition) is 2. The van der Waals surface area contributed by atoms with Crippen LogP contribution in [0.3, 0.4) is 0 Å². The Bertz CT molecular complexity index is 258. The van der Waals surface area contributed by atoms with Crippen molar-refractivity contribution in [1.29, 1.82) is 0 Å². The Morgan fingerprint density at radius 2 is 2.08 bits per heavy atom. The fourth-order valence-electron chi connectivity index (χ4n) is 1.45. The summed E-state index contributed by atoms with van der Waals surface area (Å²) >= 11 is 0. The summed E-state index contributed by atoms with van der Waals surface area (Å²) in [5.74, 6) is 1.39. The van der Waals surface area contributed by atoms with Gasteiger partial charge in [-0.25, -0.2) is 0 Å². The Morgan fingerprint density at radius 1 is 1.31 bits per heavy atom. The smallest absolute Gasteiger partial charge is 0.202 e. The lowest BCUT2D eigenvalue weighted by Crippen LogP contribution is -2.20. The van der Waals surface area contributed by atoms with Gasteiger partial charge in [0.1, 0.15) is 5.75 Å². The zero-order chi connectivity index (χ0) is 9.10. The van der Waals surface area contributed by atoms with Crippen LogP contribution in [0.15, 0.2) is 30.3 Å². The van der Waals surface area contributed by atoms with Gasteiger partial charge < -0.3 is 9.47 Å². The molecular formula is C11H14O2. The van der Waals surface area contributed by atoms with Crippen molar-refractivity contribution in [3.8, 4) is 5.75 Å². The van der Waals surface area contributed by atoms with Crippen LogP contribution in [0.1, 0.15) is 13.3 Å². The first-order chi connectivity index (χ1) is 6.36. The lowest BCUT2D eigenvalue weighted by Gasteiger charge is -2.16. The summed E-state index contributed by atoms with van der Waals surface area (Å²) in [4.78, 5) is 0. The van der Waals surface area contributed by atoms with Gasteiger partial charge >= 0.3 is 0 Å². The molecule has 1 heterocycles. The van der Waals surface area contributed by atoms with Crippen LogP contribution in [-0.2, 0) is 4.74 Å². The third-order valence-corrected chi connectivity index (χ3v) is 2.32. The Kier molecular flexibility index (Phi) is 2.50. The fraction of sp³-hybridized carbons (Fsp3) is 0.455. The Morgan fingerprint density at radius 3 is 2.69 bits per heavy atom. The van der Waals surface area contributed by atoms with Gasteiger partial charge in [0.25, 0.3) is 0 Å². The fourth-order valence-corrected chi connectivity index (χ4v) is 1.45. The van der Waals surface area contributed by atoms with E-state index < -0.39 is 0 Å². The molecule has 0 spiro atoms. The van der Waals surface area contributed by atoms with Crippen molar-refractivity contribution >= 4 is 0 Å². The second-order valence-corrected chi connectivity index (χ2v) is 3.44. The van der Waals surface area contributed by atoms with E-state index in [1.54, 1.807) is 0 Å². The summed E-state index contributed by atoms with van der Waals surface area (Å²) < 4.78 is 11.1. The summed E-state index contributed by atoms with van der Waals surface area (Å²) in [5.41, 5.74) is 0. The van der Waals surface area contributed by atoms with Crippen LogP contribution in [0.25, 0.3) is 0 Å². The second kappa shape index (κ2) is 3.79. The molecule has 70 valence electrons. The predicted octanol–water partition coefficient (Wildman–Crippen LogP) is 2.45. The van der Waals surface area contributed by atoms with Gasteiger partial charge in [-0.2, -0.15) is 0 Å². The summed E-state index contributed by atoms with van der Waals surface area (Å²) in [7, 11) is 0. The van der Waals surface area contributed by atoms with Crippen molar-refractivity contribution in [3.05, 3.63) is 30.3 Å². The molecule has 2 heteroatoms. The van der Waals surface area contributed by atoms with E-state index in [1.165, 1.54) is 0 Å². The monoisotopic (exact) mass is 178 g/mol. The molecule has 2 rings (SSSR count). The van der Waals surface area contributed by atoms with Gasteiger partial charge in [-0.1, -0.05) is 25.1 Å². The lowest BCUT2D eigenvalue weighted by molar-refractivity contribution is -0.0585. The topological polar surface area (TPSA) is 18.5 Å². The predicted molar refractivity (Wildman–Crippen MR) is 50.6 cm³/mol. The van der Waals surface area contributed by atoms with Crippen LogP contribution in [0.5, 0.6) is 5.75 Å². The Hall–Kier alpha value is -1.02. The molecular weight excluding hydrogens is 164 g/mol. The highest BCUT2D eigenvalue weighted by Gasteiger charge is 2.25. The van der Waals surface area contributed by atoms with Gasteiger partial charge in [0, 0.05) is 5.92 Å². The molecule has 0 amide bonds. The second-order valence-electron chi connectivity index (χ2n) is 3.44. The van der Waals surface area contributed by atoms with E-state index >= 15 is 0 Å². The van der Waals surface area contributed by atoms with Crippen LogP contribution in [-0.4, -0.2) is 12.9 Å². The van der Waals surface area contributed by atoms with Gasteiger partial charge in [0.05, 0.1) is 6.61 Å². The first kappa shape index (κ1) is 8.57. The van der Waals surface area contributed by atoms with Crippen LogP contribution >= 0.6 is 0 Å². The molecule has 0 saturated carbocycles. The van der Waals surface area contributed by atoms with E-state index in [-0.39, 0.29) is 6.29 Å². The highest BCUT2D eigenvalue weighted by atomic mass is 16.7. The van der Waals surface area contributed by atoms with E-state index in [0.717, 1.165) is 18.8 Å². The van der Waals surface area contributed by atoms with E-state index in [4.69, 9.17) is 9.47 Å². The minimum absolute atomic E-state index is 0.0533. The first-order valence-electron chi connectivity index (χ1n) is 4.69. The van der Waals surface area contributed by atoms with Crippen LogP contribution in [0.2, 0.25) is 0 Å². The molecule has 1 aromatic rings. The highest BCUT2D eigenvalue weighted by molar-refractivity contribution is 5.21. The number of hydrogen-bond donors (Lipinski definition) is 0. The SMILES string of the molecule is CC1CCOC1Oc1ccccc1. The zero-order valence-corrected chi connectivity index (χ0v) is 7.77. The maximum absolute atomic E-state index is 5.67. The summed E-state index contributed by atoms with van der Waals surface area (Å²) in [6.07, 6.45) is 1.04. The maximum Gasteiger partial charge on any atom is 0.202 e. The minimum Gasteiger partial charge on any atom is -0.465 e. The highest BCUT2D eigenvalue weighted by Crippen LogP contribution is 2.23. The van der Waals surface area contributed by atoms with Gasteiger partial charge in [-0.3, -0.25) is 0 Å². The van der Waals surface area contributed by atoms with E-state index in [0.29, 0.717) is 5.92 Å². The molecule has 0 N–H and O–H groups in total. The van der Waals surface area contributed by atoms with Crippen molar-refractivity contribution in [1.82, 2.24) is 0 Å². The van der Waals surface area contributed by atoms with Gasteiger partial charge in [0.15, 0.2) is 0 Å². The third-order valence-electron chi connectivity index (χ3n) is 2.32. The average molecular weight is 178 g/mol. The molecule has 0 bridgehead atoms. The Labute approximate surface area is 78.5 Å². The normalized spacial score (nSPS) is 27.5. The van der Waals surface area contributed by atoms with Crippen molar-refractivity contribution < 1.29 is 9.47 Å². The molecule has 2 unspecified atom stereocenters. The van der Waals surface area contributed by atoms with Crippen molar-refractivity contribution in [2.24, 2.45) is 5.92 Å². The molecule has 1 fully saturated rings. The zero-order valence-electron chi connectivity index (χ0n) is 7.77. The molecule has 2 atom stereocenters. The van der Waals surface area contributed by atoms with Crippen molar-refractivity contribution in [2.75, 3.05) is 6.61 Å². The lowest BCUT2D eigenvalue weighted by atomic mass is 10.1. The largest absolute Gasteiger partial charge is 0.465 e. The van der Waals surface area contributed by atoms with Gasteiger partial charge in [-0.15, -0.1) is 0 Å². The molecule has 1 aliphatic heterocycles. The standard InChI is InChI=1S/C11H14O2/c1-9-7-8-12-11(9)13-10-5-3-2-4-6-10/h2-6,9,11H,7-8H2,1H3. The minimum atomic E-state index is -0.0533. The van der Waals surface area contributed by atoms with Crippen LogP contribution in [0, 0.1) is 5.92 Å². The maximum atomic E-state index is 5.67. The molecule has 0 aromatic heterocycles. The summed E-state index contributed by atoms with van der Waals surface area (Å²) in [6, 6.07) is 9.82. The molecule has 1 aromatic carbocycles. The van der Waals surface area contributed by atoms with Gasteiger partial charge in [0.2, 0.25) is 6.29 Å².